The molecule has 2 aromatic heterocycles. The average Bonchev–Trinajstić information content (AvgIpc) is 3.40. The van der Waals surface area contributed by atoms with Crippen LogP contribution in [0, 0.1) is 0 Å². The van der Waals surface area contributed by atoms with E-state index < -0.39 is 0 Å². The van der Waals surface area contributed by atoms with Crippen molar-refractivity contribution in [1.82, 2.24) is 20.0 Å². The van der Waals surface area contributed by atoms with Gasteiger partial charge in [0.2, 0.25) is 0 Å². The lowest BCUT2D eigenvalue weighted by molar-refractivity contribution is 0.0931. The highest BCUT2D eigenvalue weighted by Crippen LogP contribution is 2.24. The number of hydrogen-bond donors (Lipinski definition) is 1. The fourth-order valence-electron chi connectivity index (χ4n) is 2.86. The van der Waals surface area contributed by atoms with Gasteiger partial charge in [0, 0.05) is 34.7 Å². The van der Waals surface area contributed by atoms with Crippen LogP contribution in [0.25, 0.3) is 17.0 Å². The molecule has 6 nitrogen and oxygen atoms in total. The second kappa shape index (κ2) is 7.70. The van der Waals surface area contributed by atoms with Crippen molar-refractivity contribution >= 4 is 17.5 Å². The molecule has 0 aliphatic rings. The minimum absolute atomic E-state index is 0.185. The van der Waals surface area contributed by atoms with E-state index in [1.807, 2.05) is 54.1 Å². The van der Waals surface area contributed by atoms with Crippen molar-refractivity contribution in [3.05, 3.63) is 89.6 Å². The number of carbonyl (C=O) groups excluding carboxylic acids is 1. The number of hydrogen-bond acceptors (Lipinski definition) is 4. The number of nitrogens with zero attached hydrogens (tertiary/aromatic N) is 3. The van der Waals surface area contributed by atoms with E-state index in [1.165, 1.54) is 0 Å². The Morgan fingerprint density at radius 3 is 2.71 bits per heavy atom. The van der Waals surface area contributed by atoms with Crippen LogP contribution in [-0.2, 0) is 0 Å². The molecule has 1 atom stereocenters. The smallest absolute Gasteiger partial charge is 0.273 e. The van der Waals surface area contributed by atoms with E-state index in [0.29, 0.717) is 10.8 Å². The van der Waals surface area contributed by atoms with Crippen LogP contribution in [0.3, 0.4) is 0 Å². The summed E-state index contributed by atoms with van der Waals surface area (Å²) in [4.78, 5) is 16.6. The number of amides is 1. The second-order valence-corrected chi connectivity index (χ2v) is 6.78. The molecule has 0 unspecified atom stereocenters. The highest BCUT2D eigenvalue weighted by atomic mass is 35.5. The van der Waals surface area contributed by atoms with E-state index >= 15 is 0 Å². The van der Waals surface area contributed by atoms with Gasteiger partial charge in [-0.1, -0.05) is 41.0 Å². The van der Waals surface area contributed by atoms with Crippen molar-refractivity contribution in [2.45, 2.75) is 13.0 Å². The average molecular weight is 393 g/mol. The Labute approximate surface area is 166 Å². The summed E-state index contributed by atoms with van der Waals surface area (Å²) in [7, 11) is 0. The first-order chi connectivity index (χ1) is 13.6. The van der Waals surface area contributed by atoms with Crippen molar-refractivity contribution in [1.29, 1.82) is 0 Å². The quantitative estimate of drug-likeness (QED) is 0.535. The summed E-state index contributed by atoms with van der Waals surface area (Å²) in [5, 5.41) is 7.40. The molecule has 1 N–H and O–H groups in total. The molecule has 0 fully saturated rings. The minimum atomic E-state index is -0.303. The molecule has 0 aliphatic heterocycles. The molecule has 7 heteroatoms. The number of benzene rings is 2. The Balaban J connectivity index is 1.45. The van der Waals surface area contributed by atoms with Crippen LogP contribution >= 0.6 is 11.6 Å². The molecule has 28 heavy (non-hydrogen) atoms. The first kappa shape index (κ1) is 18.0. The maximum atomic E-state index is 12.5. The summed E-state index contributed by atoms with van der Waals surface area (Å²) >= 11 is 6.00. The van der Waals surface area contributed by atoms with Gasteiger partial charge in [-0.15, -0.1) is 0 Å². The van der Waals surface area contributed by atoms with Crippen molar-refractivity contribution in [3.63, 3.8) is 0 Å². The monoisotopic (exact) mass is 392 g/mol. The second-order valence-electron chi connectivity index (χ2n) is 6.34. The van der Waals surface area contributed by atoms with E-state index in [0.717, 1.165) is 16.8 Å². The molecule has 0 spiro atoms. The molecule has 0 saturated carbocycles. The van der Waals surface area contributed by atoms with Gasteiger partial charge in [0.05, 0.1) is 12.4 Å². The van der Waals surface area contributed by atoms with E-state index in [1.54, 1.807) is 30.7 Å². The summed E-state index contributed by atoms with van der Waals surface area (Å²) in [5.74, 6) is 0.188. The van der Waals surface area contributed by atoms with Crippen LogP contribution in [0.1, 0.15) is 29.0 Å². The third kappa shape index (κ3) is 3.82. The van der Waals surface area contributed by atoms with Crippen LogP contribution in [0.15, 0.2) is 77.8 Å². The third-order valence-electron chi connectivity index (χ3n) is 4.40. The highest BCUT2D eigenvalue weighted by Gasteiger charge is 2.17. The Morgan fingerprint density at radius 1 is 1.18 bits per heavy atom. The van der Waals surface area contributed by atoms with Crippen molar-refractivity contribution in [2.75, 3.05) is 0 Å². The normalized spacial score (nSPS) is 11.9. The Hall–Kier alpha value is -3.38. The van der Waals surface area contributed by atoms with Crippen LogP contribution < -0.4 is 5.32 Å². The molecule has 0 aliphatic carbocycles. The topological polar surface area (TPSA) is 73.0 Å². The number of halogens is 1. The number of aromatic nitrogens is 3. The number of imidazole rings is 1. The Morgan fingerprint density at radius 2 is 2.00 bits per heavy atom. The lowest BCUT2D eigenvalue weighted by atomic mass is 10.1. The van der Waals surface area contributed by atoms with Gasteiger partial charge < -0.3 is 14.4 Å². The minimum Gasteiger partial charge on any atom is -0.355 e. The molecule has 1 amide bonds. The van der Waals surface area contributed by atoms with E-state index in [2.05, 4.69) is 15.5 Å². The first-order valence-electron chi connectivity index (χ1n) is 8.72. The number of rotatable bonds is 5. The van der Waals surface area contributed by atoms with E-state index in [9.17, 15) is 4.79 Å². The molecule has 4 rings (SSSR count). The maximum Gasteiger partial charge on any atom is 0.273 e. The number of carbonyl (C=O) groups is 1. The summed E-state index contributed by atoms with van der Waals surface area (Å²) in [6.45, 7) is 1.92. The molecule has 0 radical (unpaired) electrons. The molecular weight excluding hydrogens is 376 g/mol. The van der Waals surface area contributed by atoms with Crippen LogP contribution in [0.4, 0.5) is 0 Å². The van der Waals surface area contributed by atoms with Gasteiger partial charge in [0.15, 0.2) is 11.5 Å². The summed E-state index contributed by atoms with van der Waals surface area (Å²) in [6.07, 6.45) is 5.34. The van der Waals surface area contributed by atoms with Crippen LogP contribution in [0.5, 0.6) is 0 Å². The molecule has 140 valence electrons. The molecule has 2 heterocycles. The van der Waals surface area contributed by atoms with E-state index in [-0.39, 0.29) is 17.6 Å². The van der Waals surface area contributed by atoms with Gasteiger partial charge in [-0.05, 0) is 36.8 Å². The zero-order chi connectivity index (χ0) is 19.5. The lowest BCUT2D eigenvalue weighted by Gasteiger charge is -2.14. The number of nitrogens with one attached hydrogen (secondary N) is 1. The molecule has 4 aromatic rings. The van der Waals surface area contributed by atoms with Crippen molar-refractivity contribution < 1.29 is 9.32 Å². The van der Waals surface area contributed by atoms with E-state index in [4.69, 9.17) is 16.1 Å². The first-order valence-corrected chi connectivity index (χ1v) is 9.10. The standard InChI is InChI=1S/C21H17ClN4O2/c1-14(15-5-7-18(8-6-15)26-10-9-23-13-26)24-21(27)19-12-20(28-25-19)16-3-2-4-17(22)11-16/h2-14H,1H3,(H,24,27)/t14-/m0/s1. The fourth-order valence-corrected chi connectivity index (χ4v) is 3.05. The van der Waals surface area contributed by atoms with Gasteiger partial charge in [-0.25, -0.2) is 4.98 Å². The predicted molar refractivity (Wildman–Crippen MR) is 106 cm³/mol. The summed E-state index contributed by atoms with van der Waals surface area (Å²) in [6, 6.07) is 16.5. The zero-order valence-electron chi connectivity index (χ0n) is 15.0. The molecule has 2 aromatic carbocycles. The van der Waals surface area contributed by atoms with Gasteiger partial charge in [-0.2, -0.15) is 0 Å². The molecule has 0 bridgehead atoms. The predicted octanol–water partition coefficient (Wildman–Crippen LogP) is 4.67. The maximum absolute atomic E-state index is 12.5. The largest absolute Gasteiger partial charge is 0.355 e. The van der Waals surface area contributed by atoms with Crippen LogP contribution in [-0.4, -0.2) is 20.6 Å². The molecular formula is C21H17ClN4O2. The van der Waals surface area contributed by atoms with Gasteiger partial charge >= 0.3 is 0 Å². The highest BCUT2D eigenvalue weighted by molar-refractivity contribution is 6.30. The third-order valence-corrected chi connectivity index (χ3v) is 4.63. The SMILES string of the molecule is C[C@H](NC(=O)c1cc(-c2cccc(Cl)c2)on1)c1ccc(-n2ccnc2)cc1. The summed E-state index contributed by atoms with van der Waals surface area (Å²) < 4.78 is 7.21. The Bertz CT molecular complexity index is 1090. The Kier molecular flexibility index (Phi) is 4.95. The lowest BCUT2D eigenvalue weighted by Crippen LogP contribution is -2.26. The van der Waals surface area contributed by atoms with Gasteiger partial charge in [0.25, 0.3) is 5.91 Å². The van der Waals surface area contributed by atoms with Crippen LogP contribution in [0.2, 0.25) is 5.02 Å². The van der Waals surface area contributed by atoms with Crippen molar-refractivity contribution in [3.8, 4) is 17.0 Å². The zero-order valence-corrected chi connectivity index (χ0v) is 15.8. The molecule has 0 saturated heterocycles. The van der Waals surface area contributed by atoms with Gasteiger partial charge in [0.1, 0.15) is 0 Å². The fraction of sp³-hybridized carbons (Fsp3) is 0.0952. The van der Waals surface area contributed by atoms with Crippen molar-refractivity contribution in [2.24, 2.45) is 0 Å². The van der Waals surface area contributed by atoms with Gasteiger partial charge in [-0.3, -0.25) is 4.79 Å². The summed E-state index contributed by atoms with van der Waals surface area (Å²) in [5.41, 5.74) is 2.97.